The van der Waals surface area contributed by atoms with Crippen LogP contribution in [0.3, 0.4) is 0 Å². The van der Waals surface area contributed by atoms with Gasteiger partial charge < -0.3 is 39.4 Å². The standard InChI is InChI=1S/C32H56O10/c1-3-4-5-6-7-8-9-10-11-12-13-14-15-16-17-18-19-20-21-28(35)41-26(23-39-25(2)34)24-40-32-31(38)30(37)29(36)27(22-33)42-32/h8-9,11-12,26-27,29-33,36-38H,3-7,10,13-24H2,1-2H3/b9-8-,12-11-. The molecular formula is C32H56O10. The lowest BCUT2D eigenvalue weighted by Gasteiger charge is -2.39. The first kappa shape index (κ1) is 38.2. The number of carbonyl (C=O) groups excluding carboxylic acids is 2. The normalized spacial score (nSPS) is 23.4. The largest absolute Gasteiger partial charge is 0.462 e. The molecule has 0 aliphatic carbocycles. The maximum absolute atomic E-state index is 12.4. The number of ether oxygens (including phenoxy) is 4. The van der Waals surface area contributed by atoms with E-state index in [0.29, 0.717) is 6.42 Å². The molecule has 10 heteroatoms. The fraction of sp³-hybridized carbons (Fsp3) is 0.812. The molecule has 0 aromatic carbocycles. The van der Waals surface area contributed by atoms with E-state index in [1.54, 1.807) is 0 Å². The van der Waals surface area contributed by atoms with E-state index in [9.17, 15) is 30.0 Å². The number of esters is 2. The first-order valence-corrected chi connectivity index (χ1v) is 15.8. The monoisotopic (exact) mass is 600 g/mol. The first-order chi connectivity index (χ1) is 20.3. The van der Waals surface area contributed by atoms with Crippen LogP contribution in [0.4, 0.5) is 0 Å². The molecule has 1 aliphatic heterocycles. The third-order valence-corrected chi connectivity index (χ3v) is 7.15. The van der Waals surface area contributed by atoms with E-state index in [0.717, 1.165) is 32.1 Å². The summed E-state index contributed by atoms with van der Waals surface area (Å²) in [7, 11) is 0. The van der Waals surface area contributed by atoms with Gasteiger partial charge in [-0.2, -0.15) is 0 Å². The van der Waals surface area contributed by atoms with Crippen LogP contribution >= 0.6 is 0 Å². The van der Waals surface area contributed by atoms with Gasteiger partial charge in [-0.15, -0.1) is 0 Å². The highest BCUT2D eigenvalue weighted by Gasteiger charge is 2.44. The van der Waals surface area contributed by atoms with Crippen LogP contribution < -0.4 is 0 Å². The van der Waals surface area contributed by atoms with E-state index in [1.807, 2.05) is 0 Å². The lowest BCUT2D eigenvalue weighted by atomic mass is 9.99. The second-order valence-corrected chi connectivity index (χ2v) is 11.0. The Morgan fingerprint density at radius 1 is 0.786 bits per heavy atom. The molecule has 0 radical (unpaired) electrons. The summed E-state index contributed by atoms with van der Waals surface area (Å²) in [6.07, 6.45) is 17.1. The second-order valence-electron chi connectivity index (χ2n) is 11.0. The molecule has 0 aromatic rings. The highest BCUT2D eigenvalue weighted by molar-refractivity contribution is 5.69. The van der Waals surface area contributed by atoms with Crippen LogP contribution in [-0.2, 0) is 28.5 Å². The van der Waals surface area contributed by atoms with Gasteiger partial charge in [0.25, 0.3) is 0 Å². The molecule has 1 fully saturated rings. The van der Waals surface area contributed by atoms with Gasteiger partial charge in [0.15, 0.2) is 12.4 Å². The van der Waals surface area contributed by atoms with Crippen molar-refractivity contribution in [2.75, 3.05) is 19.8 Å². The molecular weight excluding hydrogens is 544 g/mol. The zero-order valence-electron chi connectivity index (χ0n) is 25.7. The fourth-order valence-corrected chi connectivity index (χ4v) is 4.59. The SMILES string of the molecule is CCCCCC/C=C\C/C=C\CCCCCCCCCC(=O)OC(COC(C)=O)COC1OC(CO)C(O)C(O)C1O. The van der Waals surface area contributed by atoms with E-state index < -0.39 is 55.4 Å². The average molecular weight is 601 g/mol. The van der Waals surface area contributed by atoms with Gasteiger partial charge in [-0.1, -0.05) is 82.6 Å². The maximum atomic E-state index is 12.4. The number of carbonyl (C=O) groups is 2. The second kappa shape index (κ2) is 24.6. The summed E-state index contributed by atoms with van der Waals surface area (Å²) in [5.74, 6) is -1.01. The Morgan fingerprint density at radius 3 is 1.98 bits per heavy atom. The predicted octanol–water partition coefficient (Wildman–Crippen LogP) is 4.26. The van der Waals surface area contributed by atoms with Gasteiger partial charge in [0.2, 0.25) is 0 Å². The molecule has 0 bridgehead atoms. The van der Waals surface area contributed by atoms with Crippen LogP contribution in [0.25, 0.3) is 0 Å². The highest BCUT2D eigenvalue weighted by Crippen LogP contribution is 2.22. The molecule has 10 nitrogen and oxygen atoms in total. The Kier molecular flexibility index (Phi) is 22.4. The minimum absolute atomic E-state index is 0.217. The van der Waals surface area contributed by atoms with Crippen LogP contribution in [0.5, 0.6) is 0 Å². The van der Waals surface area contributed by atoms with E-state index in [2.05, 4.69) is 31.2 Å². The van der Waals surface area contributed by atoms with Crippen molar-refractivity contribution in [1.82, 2.24) is 0 Å². The summed E-state index contributed by atoms with van der Waals surface area (Å²) in [6.45, 7) is 2.34. The van der Waals surface area contributed by atoms with Crippen molar-refractivity contribution >= 4 is 11.9 Å². The smallest absolute Gasteiger partial charge is 0.306 e. The number of aliphatic hydroxyl groups is 4. The summed E-state index contributed by atoms with van der Waals surface area (Å²) in [4.78, 5) is 23.6. The fourth-order valence-electron chi connectivity index (χ4n) is 4.59. The molecule has 1 rings (SSSR count). The molecule has 0 amide bonds. The summed E-state index contributed by atoms with van der Waals surface area (Å²) in [5, 5.41) is 39.2. The Balaban J connectivity index is 2.17. The van der Waals surface area contributed by atoms with Crippen molar-refractivity contribution in [1.29, 1.82) is 0 Å². The highest BCUT2D eigenvalue weighted by atomic mass is 16.7. The van der Waals surface area contributed by atoms with Crippen molar-refractivity contribution < 1.29 is 49.0 Å². The predicted molar refractivity (Wildman–Crippen MR) is 159 cm³/mol. The van der Waals surface area contributed by atoms with Gasteiger partial charge in [-0.05, 0) is 38.5 Å². The summed E-state index contributed by atoms with van der Waals surface area (Å²) >= 11 is 0. The van der Waals surface area contributed by atoms with Crippen LogP contribution in [0.1, 0.15) is 110 Å². The Hall–Kier alpha value is -1.82. The Morgan fingerprint density at radius 2 is 1.38 bits per heavy atom. The van der Waals surface area contributed by atoms with Gasteiger partial charge in [-0.3, -0.25) is 9.59 Å². The summed E-state index contributed by atoms with van der Waals surface area (Å²) < 4.78 is 21.1. The number of rotatable bonds is 24. The lowest BCUT2D eigenvalue weighted by Crippen LogP contribution is -2.59. The van der Waals surface area contributed by atoms with Crippen molar-refractivity contribution in [3.8, 4) is 0 Å². The van der Waals surface area contributed by atoms with Gasteiger partial charge in [0.05, 0.1) is 13.2 Å². The zero-order valence-corrected chi connectivity index (χ0v) is 25.7. The summed E-state index contributed by atoms with van der Waals surface area (Å²) in [5.41, 5.74) is 0. The van der Waals surface area contributed by atoms with Gasteiger partial charge in [0, 0.05) is 13.3 Å². The van der Waals surface area contributed by atoms with E-state index in [4.69, 9.17) is 18.9 Å². The van der Waals surface area contributed by atoms with Crippen molar-refractivity contribution in [3.05, 3.63) is 24.3 Å². The molecule has 42 heavy (non-hydrogen) atoms. The van der Waals surface area contributed by atoms with Crippen LogP contribution in [0, 0.1) is 0 Å². The van der Waals surface area contributed by atoms with Gasteiger partial charge in [-0.25, -0.2) is 0 Å². The van der Waals surface area contributed by atoms with Gasteiger partial charge in [0.1, 0.15) is 31.0 Å². The molecule has 1 heterocycles. The molecule has 0 saturated carbocycles. The number of hydrogen-bond acceptors (Lipinski definition) is 10. The molecule has 0 aromatic heterocycles. The molecule has 1 saturated heterocycles. The number of allylic oxidation sites excluding steroid dienone is 4. The third kappa shape index (κ3) is 18.0. The molecule has 0 spiro atoms. The molecule has 1 aliphatic rings. The van der Waals surface area contributed by atoms with Crippen molar-refractivity contribution in [3.63, 3.8) is 0 Å². The van der Waals surface area contributed by atoms with Crippen LogP contribution in [0.2, 0.25) is 0 Å². The molecule has 6 unspecified atom stereocenters. The quantitative estimate of drug-likeness (QED) is 0.0718. The Labute approximate surface area is 252 Å². The minimum Gasteiger partial charge on any atom is -0.462 e. The third-order valence-electron chi connectivity index (χ3n) is 7.15. The molecule has 6 atom stereocenters. The summed E-state index contributed by atoms with van der Waals surface area (Å²) in [6, 6.07) is 0. The van der Waals surface area contributed by atoms with E-state index >= 15 is 0 Å². The number of unbranched alkanes of at least 4 members (excludes halogenated alkanes) is 11. The van der Waals surface area contributed by atoms with Gasteiger partial charge >= 0.3 is 11.9 Å². The van der Waals surface area contributed by atoms with E-state index in [-0.39, 0.29) is 19.6 Å². The Bertz CT molecular complexity index is 754. The van der Waals surface area contributed by atoms with E-state index in [1.165, 1.54) is 58.3 Å². The molecule has 4 N–H and O–H groups in total. The lowest BCUT2D eigenvalue weighted by molar-refractivity contribution is -0.305. The van der Waals surface area contributed by atoms with Crippen LogP contribution in [0.15, 0.2) is 24.3 Å². The maximum Gasteiger partial charge on any atom is 0.306 e. The molecule has 244 valence electrons. The zero-order chi connectivity index (χ0) is 31.0. The van der Waals surface area contributed by atoms with Crippen molar-refractivity contribution in [2.24, 2.45) is 0 Å². The number of hydrogen-bond donors (Lipinski definition) is 4. The first-order valence-electron chi connectivity index (χ1n) is 15.8. The average Bonchev–Trinajstić information content (AvgIpc) is 2.97. The van der Waals surface area contributed by atoms with Crippen LogP contribution in [-0.4, -0.2) is 89.0 Å². The van der Waals surface area contributed by atoms with Crippen molar-refractivity contribution in [2.45, 2.75) is 147 Å². The topological polar surface area (TPSA) is 152 Å². The number of aliphatic hydroxyl groups excluding tert-OH is 4. The minimum atomic E-state index is -1.59.